The van der Waals surface area contributed by atoms with Crippen LogP contribution in [0.4, 0.5) is 11.4 Å². The highest BCUT2D eigenvalue weighted by Gasteiger charge is 2.29. The van der Waals surface area contributed by atoms with Gasteiger partial charge in [-0.05, 0) is 61.0 Å². The fourth-order valence-corrected chi connectivity index (χ4v) is 5.82. The number of carbonyl (C=O) groups excluding carboxylic acids is 1. The van der Waals surface area contributed by atoms with E-state index in [1.165, 1.54) is 18.2 Å². The second-order valence-corrected chi connectivity index (χ2v) is 10.8. The predicted octanol–water partition coefficient (Wildman–Crippen LogP) is 5.45. The summed E-state index contributed by atoms with van der Waals surface area (Å²) >= 11 is 12.1. The molecule has 2 aromatic carbocycles. The molecule has 0 saturated heterocycles. The lowest BCUT2D eigenvalue weighted by molar-refractivity contribution is -0.141. The molecule has 0 atom stereocenters. The molecule has 11 heteroatoms. The first-order valence-electron chi connectivity index (χ1n) is 11.2. The van der Waals surface area contributed by atoms with E-state index in [0.717, 1.165) is 21.6 Å². The molecule has 4 rings (SSSR count). The monoisotopic (exact) mass is 546 g/mol. The maximum absolute atomic E-state index is 13.7. The van der Waals surface area contributed by atoms with Gasteiger partial charge in [-0.1, -0.05) is 36.5 Å². The van der Waals surface area contributed by atoms with Crippen molar-refractivity contribution in [3.05, 3.63) is 77.0 Å². The van der Waals surface area contributed by atoms with Crippen LogP contribution in [0.1, 0.15) is 19.8 Å². The van der Waals surface area contributed by atoms with Crippen molar-refractivity contribution in [2.45, 2.75) is 24.7 Å². The molecule has 0 amide bonds. The Balaban J connectivity index is 1.77. The third-order valence-corrected chi connectivity index (χ3v) is 7.65. The second kappa shape index (κ2) is 10.8. The highest BCUT2D eigenvalue weighted by molar-refractivity contribution is 7.92. The number of anilines is 2. The van der Waals surface area contributed by atoms with Gasteiger partial charge in [0.05, 0.1) is 28.4 Å². The number of esters is 1. The van der Waals surface area contributed by atoms with Crippen LogP contribution in [0.5, 0.6) is 0 Å². The average Bonchev–Trinajstić information content (AvgIpc) is 3.25. The minimum Gasteiger partial charge on any atom is -0.464 e. The second-order valence-electron chi connectivity index (χ2n) is 8.04. The van der Waals surface area contributed by atoms with E-state index in [1.807, 2.05) is 17.6 Å². The van der Waals surface area contributed by atoms with Crippen molar-refractivity contribution in [3.8, 4) is 5.82 Å². The number of unbranched alkanes of at least 4 members (excludes halogenated alkanes) is 1. The third kappa shape index (κ3) is 5.43. The fourth-order valence-electron chi connectivity index (χ4n) is 3.69. The lowest BCUT2D eigenvalue weighted by Crippen LogP contribution is -2.36. The van der Waals surface area contributed by atoms with E-state index in [4.69, 9.17) is 33.7 Å². The zero-order valence-corrected chi connectivity index (χ0v) is 21.7. The summed E-state index contributed by atoms with van der Waals surface area (Å²) in [4.78, 5) is 16.8. The molecule has 0 spiro atoms. The molecule has 0 saturated carbocycles. The molecule has 0 aliphatic carbocycles. The van der Waals surface area contributed by atoms with Gasteiger partial charge in [-0.15, -0.1) is 0 Å². The Morgan fingerprint density at radius 2 is 1.86 bits per heavy atom. The molecule has 188 valence electrons. The van der Waals surface area contributed by atoms with Gasteiger partial charge in [0.15, 0.2) is 5.82 Å². The van der Waals surface area contributed by atoms with Crippen LogP contribution >= 0.6 is 23.2 Å². The number of hydrogen-bond acceptors (Lipinski definition) is 6. The molecule has 4 aromatic rings. The highest BCUT2D eigenvalue weighted by atomic mass is 35.5. The van der Waals surface area contributed by atoms with Gasteiger partial charge in [-0.25, -0.2) is 13.4 Å². The largest absolute Gasteiger partial charge is 0.464 e. The number of fused-ring (bicyclic) bond motifs is 1. The Kier molecular flexibility index (Phi) is 7.73. The summed E-state index contributed by atoms with van der Waals surface area (Å²) in [5.74, 6) is -0.114. The minimum atomic E-state index is -4.22. The van der Waals surface area contributed by atoms with Gasteiger partial charge in [0, 0.05) is 27.8 Å². The number of sulfonamides is 1. The van der Waals surface area contributed by atoms with Gasteiger partial charge in [0.25, 0.3) is 10.0 Å². The van der Waals surface area contributed by atoms with Crippen LogP contribution in [-0.4, -0.2) is 37.1 Å². The molecule has 2 aromatic heterocycles. The maximum atomic E-state index is 13.7. The summed E-state index contributed by atoms with van der Waals surface area (Å²) in [6.07, 6.45) is 4.95. The van der Waals surface area contributed by atoms with Crippen molar-refractivity contribution in [2.24, 2.45) is 0 Å². The summed E-state index contributed by atoms with van der Waals surface area (Å²) in [6, 6.07) is 14.3. The number of ether oxygens (including phenoxy) is 1. The van der Waals surface area contributed by atoms with Gasteiger partial charge >= 0.3 is 5.97 Å². The fraction of sp³-hybridized carbons (Fsp3) is 0.200. The number of aromatic nitrogens is 2. The summed E-state index contributed by atoms with van der Waals surface area (Å²) in [5.41, 5.74) is 7.62. The number of nitrogens with two attached hydrogens (primary N) is 1. The predicted molar refractivity (Wildman–Crippen MR) is 142 cm³/mol. The van der Waals surface area contributed by atoms with E-state index in [2.05, 4.69) is 4.98 Å². The van der Waals surface area contributed by atoms with Crippen LogP contribution in [0.3, 0.4) is 0 Å². The SMILES string of the molecule is CCCCOC(=O)CN(c1ccc2c(ccn2-c2ncccc2N)c1)S(=O)(=O)c1cc(Cl)cc(Cl)c1. The lowest BCUT2D eigenvalue weighted by Gasteiger charge is -2.24. The van der Waals surface area contributed by atoms with E-state index >= 15 is 0 Å². The average molecular weight is 547 g/mol. The molecule has 2 heterocycles. The topological polar surface area (TPSA) is 108 Å². The van der Waals surface area contributed by atoms with Gasteiger partial charge < -0.3 is 10.5 Å². The first-order valence-corrected chi connectivity index (χ1v) is 13.4. The van der Waals surface area contributed by atoms with Crippen LogP contribution in [0.2, 0.25) is 10.0 Å². The molecular formula is C25H24Cl2N4O4S. The summed E-state index contributed by atoms with van der Waals surface area (Å²) in [7, 11) is -4.22. The Bertz CT molecular complexity index is 1500. The summed E-state index contributed by atoms with van der Waals surface area (Å²) in [6.45, 7) is 1.66. The van der Waals surface area contributed by atoms with Crippen LogP contribution in [0.25, 0.3) is 16.7 Å². The summed E-state index contributed by atoms with van der Waals surface area (Å²) in [5, 5.41) is 1.04. The Morgan fingerprint density at radius 3 is 2.56 bits per heavy atom. The number of rotatable bonds is 9. The van der Waals surface area contributed by atoms with Gasteiger partial charge in [-0.3, -0.25) is 13.7 Å². The first-order chi connectivity index (χ1) is 17.2. The molecule has 0 radical (unpaired) electrons. The maximum Gasteiger partial charge on any atom is 0.326 e. The quantitative estimate of drug-likeness (QED) is 0.221. The molecule has 8 nitrogen and oxygen atoms in total. The van der Waals surface area contributed by atoms with Gasteiger partial charge in [0.1, 0.15) is 6.54 Å². The van der Waals surface area contributed by atoms with E-state index in [9.17, 15) is 13.2 Å². The Morgan fingerprint density at radius 1 is 1.11 bits per heavy atom. The first kappa shape index (κ1) is 25.8. The van der Waals surface area contributed by atoms with Crippen molar-refractivity contribution in [2.75, 3.05) is 23.2 Å². The number of nitrogen functional groups attached to an aromatic ring is 1. The van der Waals surface area contributed by atoms with Crippen molar-refractivity contribution in [1.82, 2.24) is 9.55 Å². The molecule has 0 bridgehead atoms. The van der Waals surface area contributed by atoms with Crippen molar-refractivity contribution >= 4 is 61.5 Å². The van der Waals surface area contributed by atoms with E-state index in [1.54, 1.807) is 42.7 Å². The standard InChI is InChI=1S/C25H24Cl2N4O4S/c1-2-3-11-35-24(32)16-31(36(33,34)21-14-18(26)13-19(27)15-21)20-6-7-23-17(12-20)8-10-30(23)25-22(28)5-4-9-29-25/h4-10,12-15H,2-3,11,16,28H2,1H3. The normalized spacial score (nSPS) is 11.5. The van der Waals surface area contributed by atoms with Crippen LogP contribution < -0.4 is 10.0 Å². The molecule has 0 aliphatic heterocycles. The molecule has 2 N–H and O–H groups in total. The number of nitrogens with zero attached hydrogens (tertiary/aromatic N) is 3. The molecule has 0 aliphatic rings. The molecule has 0 unspecified atom stereocenters. The van der Waals surface area contributed by atoms with Crippen molar-refractivity contribution in [3.63, 3.8) is 0 Å². The van der Waals surface area contributed by atoms with E-state index in [0.29, 0.717) is 17.9 Å². The van der Waals surface area contributed by atoms with Crippen LogP contribution in [-0.2, 0) is 19.6 Å². The minimum absolute atomic E-state index is 0.139. The number of benzene rings is 2. The number of hydrogen-bond donors (Lipinski definition) is 1. The van der Waals surface area contributed by atoms with Crippen LogP contribution in [0.15, 0.2) is 71.9 Å². The zero-order chi connectivity index (χ0) is 25.9. The number of halogens is 2. The van der Waals surface area contributed by atoms with Crippen LogP contribution in [0, 0.1) is 0 Å². The molecular weight excluding hydrogens is 523 g/mol. The van der Waals surface area contributed by atoms with Crippen molar-refractivity contribution in [1.29, 1.82) is 0 Å². The summed E-state index contributed by atoms with van der Waals surface area (Å²) < 4.78 is 35.4. The van der Waals surface area contributed by atoms with E-state index < -0.39 is 22.5 Å². The van der Waals surface area contributed by atoms with Gasteiger partial charge in [-0.2, -0.15) is 0 Å². The molecule has 36 heavy (non-hydrogen) atoms. The van der Waals surface area contributed by atoms with E-state index in [-0.39, 0.29) is 27.2 Å². The lowest BCUT2D eigenvalue weighted by atomic mass is 10.2. The zero-order valence-electron chi connectivity index (χ0n) is 19.4. The number of pyridine rings is 1. The smallest absolute Gasteiger partial charge is 0.326 e. The molecule has 0 fully saturated rings. The number of carbonyl (C=O) groups is 1. The van der Waals surface area contributed by atoms with Crippen molar-refractivity contribution < 1.29 is 17.9 Å². The Hall–Kier alpha value is -3.27. The third-order valence-electron chi connectivity index (χ3n) is 5.46. The van der Waals surface area contributed by atoms with Gasteiger partial charge in [0.2, 0.25) is 0 Å². The highest BCUT2D eigenvalue weighted by Crippen LogP contribution is 2.31. The Labute approximate surface area is 219 Å².